The smallest absolute Gasteiger partial charge is 0.261 e. The minimum absolute atomic E-state index is 0.0288. The quantitative estimate of drug-likeness (QED) is 0.871. The average molecular weight is 308 g/mol. The van der Waals surface area contributed by atoms with Crippen LogP contribution in [0.15, 0.2) is 24.3 Å². The molecule has 0 aromatic heterocycles. The van der Waals surface area contributed by atoms with E-state index in [1.54, 1.807) is 24.3 Å². The van der Waals surface area contributed by atoms with Gasteiger partial charge in [0.15, 0.2) is 0 Å². The molecule has 2 unspecified atom stereocenters. The minimum Gasteiger partial charge on any atom is -0.316 e. The number of imide groups is 1. The van der Waals surface area contributed by atoms with Crippen molar-refractivity contribution >= 4 is 11.8 Å². The van der Waals surface area contributed by atoms with Crippen LogP contribution in [0.3, 0.4) is 0 Å². The molecule has 0 saturated carbocycles. The number of nitrogens with one attached hydrogen (secondary N) is 1. The second-order valence-corrected chi connectivity index (χ2v) is 6.03. The van der Waals surface area contributed by atoms with Crippen molar-refractivity contribution < 1.29 is 18.4 Å². The van der Waals surface area contributed by atoms with Gasteiger partial charge in [0.25, 0.3) is 17.7 Å². The Morgan fingerprint density at radius 1 is 1.18 bits per heavy atom. The summed E-state index contributed by atoms with van der Waals surface area (Å²) in [6.45, 7) is 2.04. The summed E-state index contributed by atoms with van der Waals surface area (Å²) in [7, 11) is 0. The predicted octanol–water partition coefficient (Wildman–Crippen LogP) is 2.16. The molecule has 1 saturated heterocycles. The summed E-state index contributed by atoms with van der Waals surface area (Å²) >= 11 is 0. The maximum atomic E-state index is 14.2. The molecule has 0 radical (unpaired) electrons. The largest absolute Gasteiger partial charge is 0.316 e. The third-order valence-corrected chi connectivity index (χ3v) is 4.62. The fourth-order valence-corrected chi connectivity index (χ4v) is 3.17. The molecule has 0 spiro atoms. The lowest BCUT2D eigenvalue weighted by atomic mass is 9.85. The number of fused-ring (bicyclic) bond motifs is 1. The second-order valence-electron chi connectivity index (χ2n) is 6.03. The van der Waals surface area contributed by atoms with E-state index >= 15 is 0 Å². The van der Waals surface area contributed by atoms with Gasteiger partial charge in [0.2, 0.25) is 0 Å². The van der Waals surface area contributed by atoms with Crippen molar-refractivity contribution in [1.29, 1.82) is 0 Å². The van der Waals surface area contributed by atoms with Crippen LogP contribution >= 0.6 is 0 Å². The Hall–Kier alpha value is -1.82. The second kappa shape index (κ2) is 5.43. The summed E-state index contributed by atoms with van der Waals surface area (Å²) < 4.78 is 28.3. The number of amides is 2. The Bertz CT molecular complexity index is 583. The molecular formula is C16H18F2N2O2. The molecule has 0 bridgehead atoms. The van der Waals surface area contributed by atoms with Crippen molar-refractivity contribution in [2.75, 3.05) is 19.6 Å². The van der Waals surface area contributed by atoms with Crippen LogP contribution in [-0.2, 0) is 0 Å². The van der Waals surface area contributed by atoms with E-state index in [0.717, 1.165) is 4.90 Å². The predicted molar refractivity (Wildman–Crippen MR) is 76.9 cm³/mol. The van der Waals surface area contributed by atoms with Crippen molar-refractivity contribution in [3.05, 3.63) is 35.4 Å². The van der Waals surface area contributed by atoms with Crippen LogP contribution in [0.5, 0.6) is 0 Å². The van der Waals surface area contributed by atoms with Gasteiger partial charge < -0.3 is 5.32 Å². The molecule has 1 aromatic rings. The number of carbonyl (C=O) groups is 2. The first-order valence-electron chi connectivity index (χ1n) is 7.46. The Kier molecular flexibility index (Phi) is 3.72. The molecule has 3 rings (SSSR count). The summed E-state index contributed by atoms with van der Waals surface area (Å²) in [6, 6.07) is 6.56. The maximum Gasteiger partial charge on any atom is 0.261 e. The number of benzene rings is 1. The highest BCUT2D eigenvalue weighted by Crippen LogP contribution is 2.37. The lowest BCUT2D eigenvalue weighted by Crippen LogP contribution is -2.51. The van der Waals surface area contributed by atoms with E-state index in [2.05, 4.69) is 5.32 Å². The molecule has 2 atom stereocenters. The number of hydrogen-bond acceptors (Lipinski definition) is 3. The van der Waals surface area contributed by atoms with Crippen molar-refractivity contribution in [1.82, 2.24) is 10.2 Å². The van der Waals surface area contributed by atoms with Gasteiger partial charge in [-0.05, 0) is 18.6 Å². The summed E-state index contributed by atoms with van der Waals surface area (Å²) in [5, 5.41) is 2.99. The first kappa shape index (κ1) is 15.1. The number of halogens is 2. The summed E-state index contributed by atoms with van der Waals surface area (Å²) in [6.07, 6.45) is 0.107. The summed E-state index contributed by atoms with van der Waals surface area (Å²) in [4.78, 5) is 25.5. The van der Waals surface area contributed by atoms with E-state index in [4.69, 9.17) is 0 Å². The summed E-state index contributed by atoms with van der Waals surface area (Å²) in [5.41, 5.74) is 0.712. The molecule has 22 heavy (non-hydrogen) atoms. The average Bonchev–Trinajstić information content (AvgIpc) is 2.74. The Morgan fingerprint density at radius 3 is 2.36 bits per heavy atom. The number of carbonyl (C=O) groups excluding carboxylic acids is 2. The fraction of sp³-hybridized carbons (Fsp3) is 0.500. The van der Waals surface area contributed by atoms with Gasteiger partial charge in [0.1, 0.15) is 0 Å². The molecule has 4 nitrogen and oxygen atoms in total. The fourth-order valence-electron chi connectivity index (χ4n) is 3.17. The van der Waals surface area contributed by atoms with E-state index in [1.807, 2.05) is 0 Å². The molecule has 1 fully saturated rings. The molecule has 2 amide bonds. The number of piperidine rings is 1. The standard InChI is InChI=1S/C16H18F2N2O2/c1-10-8-19-9-11(16(10,17)18)6-7-20-14(21)12-4-2-3-5-13(12)15(20)22/h2-5,10-11,19H,6-9H2,1H3. The highest BCUT2D eigenvalue weighted by atomic mass is 19.3. The monoisotopic (exact) mass is 308 g/mol. The van der Waals surface area contributed by atoms with Crippen LogP contribution in [-0.4, -0.2) is 42.3 Å². The van der Waals surface area contributed by atoms with Gasteiger partial charge in [-0.2, -0.15) is 0 Å². The molecule has 1 aromatic carbocycles. The van der Waals surface area contributed by atoms with Crippen LogP contribution in [0.4, 0.5) is 8.78 Å². The molecule has 6 heteroatoms. The molecule has 0 aliphatic carbocycles. The van der Waals surface area contributed by atoms with Gasteiger partial charge >= 0.3 is 0 Å². The normalized spacial score (nSPS) is 27.1. The molecule has 2 aliphatic heterocycles. The van der Waals surface area contributed by atoms with Crippen molar-refractivity contribution in [2.24, 2.45) is 11.8 Å². The number of rotatable bonds is 3. The molecule has 2 heterocycles. The zero-order valence-electron chi connectivity index (χ0n) is 12.3. The van der Waals surface area contributed by atoms with Crippen LogP contribution in [0.2, 0.25) is 0 Å². The Labute approximate surface area is 127 Å². The highest BCUT2D eigenvalue weighted by molar-refractivity contribution is 6.21. The van der Waals surface area contributed by atoms with E-state index in [1.165, 1.54) is 6.92 Å². The zero-order chi connectivity index (χ0) is 15.9. The molecular weight excluding hydrogens is 290 g/mol. The minimum atomic E-state index is -2.77. The first-order chi connectivity index (χ1) is 10.4. The SMILES string of the molecule is CC1CNCC(CCN2C(=O)c3ccccc3C2=O)C1(F)F. The van der Waals surface area contributed by atoms with Crippen LogP contribution < -0.4 is 5.32 Å². The van der Waals surface area contributed by atoms with E-state index in [-0.39, 0.29) is 37.9 Å². The lowest BCUT2D eigenvalue weighted by Gasteiger charge is -2.37. The Morgan fingerprint density at radius 2 is 1.77 bits per heavy atom. The Balaban J connectivity index is 1.70. The van der Waals surface area contributed by atoms with Crippen LogP contribution in [0.25, 0.3) is 0 Å². The number of hydrogen-bond donors (Lipinski definition) is 1. The van der Waals surface area contributed by atoms with E-state index in [9.17, 15) is 18.4 Å². The third kappa shape index (κ3) is 2.31. The zero-order valence-corrected chi connectivity index (χ0v) is 12.3. The van der Waals surface area contributed by atoms with E-state index < -0.39 is 17.8 Å². The van der Waals surface area contributed by atoms with Gasteiger partial charge in [-0.3, -0.25) is 14.5 Å². The van der Waals surface area contributed by atoms with Gasteiger partial charge in [-0.25, -0.2) is 8.78 Å². The molecule has 118 valence electrons. The number of alkyl halides is 2. The topological polar surface area (TPSA) is 49.4 Å². The summed E-state index contributed by atoms with van der Waals surface area (Å²) in [5.74, 6) is -5.15. The molecule has 2 aliphatic rings. The van der Waals surface area contributed by atoms with Crippen molar-refractivity contribution in [3.63, 3.8) is 0 Å². The van der Waals surface area contributed by atoms with Gasteiger partial charge in [-0.1, -0.05) is 19.1 Å². The first-order valence-corrected chi connectivity index (χ1v) is 7.46. The van der Waals surface area contributed by atoms with Crippen LogP contribution in [0, 0.1) is 11.8 Å². The van der Waals surface area contributed by atoms with Gasteiger partial charge in [0, 0.05) is 31.5 Å². The lowest BCUT2D eigenvalue weighted by molar-refractivity contribution is -0.120. The van der Waals surface area contributed by atoms with Crippen LogP contribution in [0.1, 0.15) is 34.1 Å². The van der Waals surface area contributed by atoms with Gasteiger partial charge in [-0.15, -0.1) is 0 Å². The van der Waals surface area contributed by atoms with Crippen molar-refractivity contribution in [2.45, 2.75) is 19.3 Å². The highest BCUT2D eigenvalue weighted by Gasteiger charge is 2.47. The molecule has 1 N–H and O–H groups in total. The maximum absolute atomic E-state index is 14.2. The third-order valence-electron chi connectivity index (χ3n) is 4.62. The van der Waals surface area contributed by atoms with Crippen molar-refractivity contribution in [3.8, 4) is 0 Å². The number of nitrogens with zero attached hydrogens (tertiary/aromatic N) is 1. The van der Waals surface area contributed by atoms with Gasteiger partial charge in [0.05, 0.1) is 11.1 Å². The van der Waals surface area contributed by atoms with E-state index in [0.29, 0.717) is 11.1 Å².